The van der Waals surface area contributed by atoms with Crippen molar-refractivity contribution in [3.05, 3.63) is 99.6 Å². The Morgan fingerprint density at radius 1 is 0.758 bits per heavy atom. The van der Waals surface area contributed by atoms with Crippen LogP contribution in [-0.2, 0) is 9.59 Å². The van der Waals surface area contributed by atoms with Crippen molar-refractivity contribution in [2.75, 3.05) is 31.1 Å². The number of amides is 2. The predicted octanol–water partition coefficient (Wildman–Crippen LogP) is 1.50. The van der Waals surface area contributed by atoms with Gasteiger partial charge < -0.3 is 9.80 Å². The summed E-state index contributed by atoms with van der Waals surface area (Å²) >= 11 is 2.23. The molecular weight excluding hydrogens is 525 g/mol. The lowest BCUT2D eigenvalue weighted by Crippen LogP contribution is -3.30. The molecular formula is C27H28IN3O2+2. The molecule has 2 amide bonds. The topological polar surface area (TPSA) is 46.3 Å². The van der Waals surface area contributed by atoms with E-state index in [1.165, 1.54) is 25.8 Å². The van der Waals surface area contributed by atoms with E-state index in [0.717, 1.165) is 29.7 Å². The highest BCUT2D eigenvalue weighted by molar-refractivity contribution is 14.1. The lowest BCUT2D eigenvalue weighted by atomic mass is 9.96. The van der Waals surface area contributed by atoms with Gasteiger partial charge in [-0.2, -0.15) is 0 Å². The number of benzene rings is 3. The highest BCUT2D eigenvalue weighted by atomic mass is 127. The summed E-state index contributed by atoms with van der Waals surface area (Å²) in [5, 5.41) is 0. The third kappa shape index (κ3) is 4.60. The molecule has 168 valence electrons. The highest BCUT2D eigenvalue weighted by Crippen LogP contribution is 2.23. The van der Waals surface area contributed by atoms with Gasteiger partial charge in [-0.3, -0.25) is 9.59 Å². The fourth-order valence-corrected chi connectivity index (χ4v) is 5.66. The molecule has 5 rings (SSSR count). The molecule has 2 N–H and O–H groups in total. The second kappa shape index (κ2) is 9.75. The Morgan fingerprint density at radius 2 is 1.30 bits per heavy atom. The minimum atomic E-state index is -0.273. The van der Waals surface area contributed by atoms with E-state index >= 15 is 0 Å². The largest absolute Gasteiger partial charge is 0.316 e. The molecule has 0 aromatic heterocycles. The van der Waals surface area contributed by atoms with Gasteiger partial charge in [0.05, 0.1) is 12.1 Å². The Morgan fingerprint density at radius 3 is 1.85 bits per heavy atom. The Balaban J connectivity index is 1.31. The van der Waals surface area contributed by atoms with Crippen LogP contribution >= 0.6 is 22.6 Å². The van der Waals surface area contributed by atoms with Crippen molar-refractivity contribution in [1.29, 1.82) is 0 Å². The lowest BCUT2D eigenvalue weighted by Gasteiger charge is -2.36. The number of hydrogen-bond acceptors (Lipinski definition) is 2. The number of halogens is 1. The van der Waals surface area contributed by atoms with Crippen molar-refractivity contribution in [1.82, 2.24) is 0 Å². The van der Waals surface area contributed by atoms with Crippen LogP contribution in [0.2, 0.25) is 0 Å². The van der Waals surface area contributed by atoms with Crippen molar-refractivity contribution >= 4 is 40.1 Å². The van der Waals surface area contributed by atoms with Crippen LogP contribution in [0.4, 0.5) is 5.69 Å². The number of nitrogens with one attached hydrogen (secondary N) is 2. The van der Waals surface area contributed by atoms with Crippen molar-refractivity contribution in [2.24, 2.45) is 0 Å². The van der Waals surface area contributed by atoms with E-state index in [2.05, 4.69) is 83.3 Å². The number of anilines is 1. The van der Waals surface area contributed by atoms with E-state index in [1.807, 2.05) is 24.3 Å². The summed E-state index contributed by atoms with van der Waals surface area (Å²) in [7, 11) is 0. The minimum Gasteiger partial charge on any atom is -0.316 e. The summed E-state index contributed by atoms with van der Waals surface area (Å²) in [6.45, 7) is 3.70. The summed E-state index contributed by atoms with van der Waals surface area (Å²) in [5.41, 5.74) is 3.32. The fraction of sp³-hybridized carbons (Fsp3) is 0.259. The molecule has 0 aliphatic carbocycles. The zero-order chi connectivity index (χ0) is 22.8. The average Bonchev–Trinajstić information content (AvgIpc) is 3.15. The number of hydrogen-bond donors (Lipinski definition) is 2. The number of rotatable bonds is 5. The predicted molar refractivity (Wildman–Crippen MR) is 136 cm³/mol. The van der Waals surface area contributed by atoms with Crippen LogP contribution in [0, 0.1) is 3.57 Å². The average molecular weight is 553 g/mol. The molecule has 6 heteroatoms. The summed E-state index contributed by atoms with van der Waals surface area (Å²) in [6, 6.07) is 29.0. The zero-order valence-electron chi connectivity index (χ0n) is 18.4. The van der Waals surface area contributed by atoms with E-state index in [9.17, 15) is 9.59 Å². The summed E-state index contributed by atoms with van der Waals surface area (Å²) in [4.78, 5) is 30.1. The molecule has 5 nitrogen and oxygen atoms in total. The third-order valence-electron chi connectivity index (χ3n) is 6.93. The Hall–Kier alpha value is -2.55. The van der Waals surface area contributed by atoms with E-state index < -0.39 is 0 Å². The minimum absolute atomic E-state index is 0.0534. The second-order valence-corrected chi connectivity index (χ2v) is 10.1. The summed E-state index contributed by atoms with van der Waals surface area (Å²) < 4.78 is 1.09. The first-order valence-corrected chi connectivity index (χ1v) is 12.6. The molecule has 3 aromatic carbocycles. The maximum Gasteiger partial charge on any atom is 0.292 e. The number of piperazine rings is 1. The van der Waals surface area contributed by atoms with Gasteiger partial charge in [-0.1, -0.05) is 60.7 Å². The monoisotopic (exact) mass is 553 g/mol. The maximum absolute atomic E-state index is 13.2. The van der Waals surface area contributed by atoms with Crippen molar-refractivity contribution < 1.29 is 19.4 Å². The molecule has 0 radical (unpaired) electrons. The van der Waals surface area contributed by atoms with Gasteiger partial charge in [-0.15, -0.1) is 0 Å². The van der Waals surface area contributed by atoms with Crippen LogP contribution in [0.3, 0.4) is 0 Å². The summed E-state index contributed by atoms with van der Waals surface area (Å²) in [5.74, 6) is -0.137. The molecule has 0 bridgehead atoms. The molecule has 2 aliphatic rings. The van der Waals surface area contributed by atoms with Gasteiger partial charge in [0, 0.05) is 14.7 Å². The van der Waals surface area contributed by atoms with Gasteiger partial charge in [0.2, 0.25) is 5.91 Å². The number of carbonyl (C=O) groups is 2. The van der Waals surface area contributed by atoms with E-state index in [0.29, 0.717) is 12.1 Å². The quantitative estimate of drug-likeness (QED) is 0.372. The molecule has 0 spiro atoms. The van der Waals surface area contributed by atoms with Crippen molar-refractivity contribution in [3.63, 3.8) is 0 Å². The first-order chi connectivity index (χ1) is 16.1. The molecule has 1 atom stereocenters. The summed E-state index contributed by atoms with van der Waals surface area (Å²) in [6.07, 6.45) is 0.302. The molecule has 0 unspecified atom stereocenters. The van der Waals surface area contributed by atoms with Gasteiger partial charge in [-0.05, 0) is 46.9 Å². The van der Waals surface area contributed by atoms with E-state index in [1.54, 1.807) is 0 Å². The third-order valence-corrected chi connectivity index (χ3v) is 7.65. The first-order valence-electron chi connectivity index (χ1n) is 11.5. The van der Waals surface area contributed by atoms with Crippen LogP contribution < -0.4 is 14.7 Å². The van der Waals surface area contributed by atoms with Gasteiger partial charge in [-0.25, -0.2) is 4.90 Å². The molecule has 2 fully saturated rings. The van der Waals surface area contributed by atoms with E-state index in [4.69, 9.17) is 0 Å². The Bertz CT molecular complexity index is 1070. The standard InChI is InChI=1S/C27H26IN3O2/c28-22-11-13-23(14-12-22)31-25(32)19-24(27(31)33)29-15-17-30(18-16-29)26(20-7-3-1-4-8-20)21-9-5-2-6-10-21/h1-14,24,26H,15-19H2/p+2/t24-/m0/s1. The Labute approximate surface area is 208 Å². The molecule has 2 heterocycles. The molecule has 0 saturated carbocycles. The van der Waals surface area contributed by atoms with Crippen LogP contribution in [0.5, 0.6) is 0 Å². The van der Waals surface area contributed by atoms with E-state index in [-0.39, 0.29) is 23.9 Å². The maximum atomic E-state index is 13.2. The van der Waals surface area contributed by atoms with Gasteiger partial charge in [0.25, 0.3) is 5.91 Å². The van der Waals surface area contributed by atoms with Gasteiger partial charge in [0.15, 0.2) is 6.04 Å². The fourth-order valence-electron chi connectivity index (χ4n) is 5.30. The number of quaternary nitrogens is 2. The van der Waals surface area contributed by atoms with Gasteiger partial charge in [0.1, 0.15) is 32.2 Å². The van der Waals surface area contributed by atoms with Crippen molar-refractivity contribution in [3.8, 4) is 0 Å². The van der Waals surface area contributed by atoms with Crippen LogP contribution in [0.25, 0.3) is 0 Å². The normalized spacial score (nSPS) is 23.3. The molecule has 2 aliphatic heterocycles. The zero-order valence-corrected chi connectivity index (χ0v) is 20.6. The molecule has 33 heavy (non-hydrogen) atoms. The number of carbonyl (C=O) groups excluding carboxylic acids is 2. The van der Waals surface area contributed by atoms with Gasteiger partial charge >= 0.3 is 0 Å². The smallest absolute Gasteiger partial charge is 0.292 e. The number of nitrogens with zero attached hydrogens (tertiary/aromatic N) is 1. The SMILES string of the molecule is O=C1C[C@H]([NH+]2CC[NH+](C(c3ccccc3)c3ccccc3)CC2)C(=O)N1c1ccc(I)cc1. The number of imide groups is 1. The lowest BCUT2D eigenvalue weighted by molar-refractivity contribution is -1.03. The highest BCUT2D eigenvalue weighted by Gasteiger charge is 2.47. The van der Waals surface area contributed by atoms with Crippen LogP contribution in [0.1, 0.15) is 23.6 Å². The Kier molecular flexibility index (Phi) is 6.57. The van der Waals surface area contributed by atoms with Crippen LogP contribution in [-0.4, -0.2) is 44.0 Å². The first kappa shape index (κ1) is 22.3. The van der Waals surface area contributed by atoms with Crippen LogP contribution in [0.15, 0.2) is 84.9 Å². The molecule has 2 saturated heterocycles. The molecule has 3 aromatic rings. The van der Waals surface area contributed by atoms with Crippen molar-refractivity contribution in [2.45, 2.75) is 18.5 Å². The second-order valence-electron chi connectivity index (χ2n) is 8.87.